The van der Waals surface area contributed by atoms with Crippen molar-refractivity contribution in [1.29, 1.82) is 0 Å². The van der Waals surface area contributed by atoms with Crippen molar-refractivity contribution >= 4 is 21.7 Å². The fraction of sp³-hybridized carbons (Fsp3) is 0.0600. The van der Waals surface area contributed by atoms with Crippen LogP contribution < -0.4 is 0 Å². The van der Waals surface area contributed by atoms with E-state index in [2.05, 4.69) is 162 Å². The molecule has 0 saturated heterocycles. The second kappa shape index (κ2) is 13.6. The average Bonchev–Trinajstić information content (AvgIpc) is 3.71. The number of hydrogen-bond donors (Lipinski definition) is 0. The lowest BCUT2D eigenvalue weighted by Crippen LogP contribution is -2.30. The maximum Gasteiger partial charge on any atom is 0.159 e. The highest BCUT2D eigenvalue weighted by molar-refractivity contribution is 9.10. The molecule has 2 aliphatic rings. The monoisotopic (exact) mass is 758 g/mol. The molecule has 2 aromatic heterocycles. The molecule has 0 spiro atoms. The van der Waals surface area contributed by atoms with Gasteiger partial charge in [0, 0.05) is 22.4 Å². The molecule has 0 amide bonds. The van der Waals surface area contributed by atoms with Crippen molar-refractivity contribution in [3.05, 3.63) is 249 Å². The minimum atomic E-state index is -0.542. The van der Waals surface area contributed by atoms with E-state index < -0.39 is 10.8 Å². The summed E-state index contributed by atoms with van der Waals surface area (Å²) < 4.78 is 1.08. The highest BCUT2D eigenvalue weighted by Gasteiger charge is 2.48. The van der Waals surface area contributed by atoms with E-state index in [0.717, 1.165) is 27.0 Å². The first-order valence-corrected chi connectivity index (χ1v) is 18.9. The summed E-state index contributed by atoms with van der Waals surface area (Å²) in [5.41, 5.74) is 14.1. The summed E-state index contributed by atoms with van der Waals surface area (Å²) in [7, 11) is 0. The van der Waals surface area contributed by atoms with Crippen LogP contribution in [-0.2, 0) is 10.8 Å². The first-order chi connectivity index (χ1) is 26.5. The number of rotatable bonds is 5. The number of halogens is 1. The Hall–Kier alpha value is -6.23. The van der Waals surface area contributed by atoms with E-state index in [0.29, 0.717) is 0 Å². The third-order valence-corrected chi connectivity index (χ3v) is 11.5. The quantitative estimate of drug-likeness (QED) is 0.164. The first-order valence-electron chi connectivity index (χ1n) is 18.1. The van der Waals surface area contributed by atoms with E-state index in [4.69, 9.17) is 9.97 Å². The van der Waals surface area contributed by atoms with Crippen LogP contribution >= 0.6 is 15.9 Å². The summed E-state index contributed by atoms with van der Waals surface area (Å²) in [6.45, 7) is 1.61. The van der Waals surface area contributed by atoms with E-state index in [1.807, 2.05) is 48.8 Å². The molecular weight excluding hydrogens is 724 g/mol. The molecule has 0 atom stereocenters. The van der Waals surface area contributed by atoms with E-state index in [1.165, 1.54) is 50.1 Å². The molecule has 0 radical (unpaired) electrons. The molecule has 10 rings (SSSR count). The fourth-order valence-electron chi connectivity index (χ4n) is 8.80. The van der Waals surface area contributed by atoms with Gasteiger partial charge >= 0.3 is 0 Å². The third-order valence-electron chi connectivity index (χ3n) is 11.0. The van der Waals surface area contributed by atoms with Crippen LogP contribution in [0.15, 0.2) is 199 Å². The summed E-state index contributed by atoms with van der Waals surface area (Å²) in [4.78, 5) is 21.7. The number of pyridine rings is 2. The topological polar surface area (TPSA) is 42.9 Å². The van der Waals surface area contributed by atoms with Gasteiger partial charge in [-0.25, -0.2) is 0 Å². The van der Waals surface area contributed by atoms with Gasteiger partial charge < -0.3 is 0 Å². The summed E-state index contributed by atoms with van der Waals surface area (Å²) in [6.07, 6.45) is 3.73. The van der Waals surface area contributed by atoms with Crippen LogP contribution in [0.4, 0.5) is 0 Å². The van der Waals surface area contributed by atoms with Crippen molar-refractivity contribution in [2.45, 2.75) is 17.8 Å². The number of nitrogens with zero attached hydrogens (tertiary/aromatic N) is 2. The predicted octanol–water partition coefficient (Wildman–Crippen LogP) is 11.9. The maximum atomic E-state index is 12.1. The van der Waals surface area contributed by atoms with E-state index in [-0.39, 0.29) is 5.78 Å². The predicted molar refractivity (Wildman–Crippen MR) is 221 cm³/mol. The Bertz CT molecular complexity index is 2580. The van der Waals surface area contributed by atoms with Gasteiger partial charge in [-0.2, -0.15) is 0 Å². The Morgan fingerprint density at radius 2 is 0.833 bits per heavy atom. The molecule has 3 nitrogen and oxygen atoms in total. The molecule has 8 aromatic rings. The smallest absolute Gasteiger partial charge is 0.159 e. The molecule has 0 bridgehead atoms. The Balaban J connectivity index is 0.000000143. The number of aromatic nitrogens is 2. The van der Waals surface area contributed by atoms with E-state index >= 15 is 0 Å². The van der Waals surface area contributed by atoms with Crippen molar-refractivity contribution in [2.24, 2.45) is 0 Å². The molecule has 258 valence electrons. The van der Waals surface area contributed by atoms with Gasteiger partial charge in [-0.3, -0.25) is 14.8 Å². The first kappa shape index (κ1) is 33.6. The zero-order chi connectivity index (χ0) is 36.7. The van der Waals surface area contributed by atoms with Crippen LogP contribution in [0.2, 0.25) is 0 Å². The lowest BCUT2D eigenvalue weighted by Gasteiger charge is -2.32. The van der Waals surface area contributed by atoms with Crippen molar-refractivity contribution in [3.63, 3.8) is 0 Å². The molecule has 0 saturated carbocycles. The highest BCUT2D eigenvalue weighted by atomic mass is 79.9. The molecule has 0 N–H and O–H groups in total. The normalized spacial score (nSPS) is 13.7. The largest absolute Gasteiger partial charge is 0.295 e. The van der Waals surface area contributed by atoms with Gasteiger partial charge in [0.25, 0.3) is 0 Å². The lowest BCUT2D eigenvalue weighted by atomic mass is 9.69. The van der Waals surface area contributed by atoms with Gasteiger partial charge in [-0.15, -0.1) is 0 Å². The number of hydrogen-bond acceptors (Lipinski definition) is 3. The SMILES string of the molecule is Brc1cccc(C2(c3ccccn3)c3ccccc3-c3ccccc32)c1.CC(=O)c1cccc(C2(c3ccccn3)c3ccccc3-c3ccccc32)c1. The van der Waals surface area contributed by atoms with Crippen LogP contribution in [0.5, 0.6) is 0 Å². The number of benzene rings is 6. The van der Waals surface area contributed by atoms with Gasteiger partial charge in [0.1, 0.15) is 0 Å². The molecule has 54 heavy (non-hydrogen) atoms. The third kappa shape index (κ3) is 5.13. The van der Waals surface area contributed by atoms with Crippen molar-refractivity contribution < 1.29 is 4.79 Å². The molecule has 0 aliphatic heterocycles. The molecular formula is C50H35BrN2O. The summed E-state index contributed by atoms with van der Waals surface area (Å²) in [5.74, 6) is 0.0672. The molecule has 2 heterocycles. The Labute approximate surface area is 324 Å². The summed E-state index contributed by atoms with van der Waals surface area (Å²) in [6, 6.07) is 63.3. The number of fused-ring (bicyclic) bond motifs is 6. The molecule has 6 aromatic carbocycles. The Morgan fingerprint density at radius 3 is 1.22 bits per heavy atom. The molecule has 2 aliphatic carbocycles. The van der Waals surface area contributed by atoms with Gasteiger partial charge in [-0.05, 0) is 105 Å². The minimum absolute atomic E-state index is 0.0672. The van der Waals surface area contributed by atoms with Crippen LogP contribution in [0.3, 0.4) is 0 Å². The van der Waals surface area contributed by atoms with Crippen LogP contribution in [-0.4, -0.2) is 15.8 Å². The zero-order valence-electron chi connectivity index (χ0n) is 29.7. The number of carbonyl (C=O) groups is 1. The maximum absolute atomic E-state index is 12.1. The minimum Gasteiger partial charge on any atom is -0.295 e. The second-order valence-corrected chi connectivity index (χ2v) is 14.7. The standard InChI is InChI=1S/C26H19NO.C24H16BrN/c1-18(28)19-9-8-10-20(17-19)26(25-15-6-7-16-27-25)23-13-4-2-11-21(23)22-12-3-5-14-24(22)26;25-18-9-7-8-17(16-18)24(23-14-5-6-15-26-23)21-12-3-1-10-19(21)20-11-2-4-13-22(20)24/h2-17H,1H3;1-16H. The summed E-state index contributed by atoms with van der Waals surface area (Å²) in [5, 5.41) is 0. The van der Waals surface area contributed by atoms with Gasteiger partial charge in [0.2, 0.25) is 0 Å². The van der Waals surface area contributed by atoms with Crippen LogP contribution in [0.1, 0.15) is 62.1 Å². The molecule has 4 heteroatoms. The summed E-state index contributed by atoms with van der Waals surface area (Å²) >= 11 is 3.67. The van der Waals surface area contributed by atoms with Crippen molar-refractivity contribution in [1.82, 2.24) is 9.97 Å². The zero-order valence-corrected chi connectivity index (χ0v) is 31.2. The molecule has 0 unspecified atom stereocenters. The second-order valence-electron chi connectivity index (χ2n) is 13.8. The van der Waals surface area contributed by atoms with E-state index in [1.54, 1.807) is 6.92 Å². The Kier molecular flexibility index (Phi) is 8.48. The Morgan fingerprint density at radius 1 is 0.444 bits per heavy atom. The highest BCUT2D eigenvalue weighted by Crippen LogP contribution is 2.57. The van der Waals surface area contributed by atoms with Crippen molar-refractivity contribution in [2.75, 3.05) is 0 Å². The van der Waals surface area contributed by atoms with Gasteiger partial charge in [-0.1, -0.05) is 155 Å². The van der Waals surface area contributed by atoms with Gasteiger partial charge in [0.05, 0.1) is 22.2 Å². The average molecular weight is 760 g/mol. The van der Waals surface area contributed by atoms with Gasteiger partial charge in [0.15, 0.2) is 5.78 Å². The lowest BCUT2D eigenvalue weighted by molar-refractivity contribution is 0.101. The van der Waals surface area contributed by atoms with Crippen LogP contribution in [0, 0.1) is 0 Å². The van der Waals surface area contributed by atoms with Crippen LogP contribution in [0.25, 0.3) is 22.3 Å². The number of ketones is 1. The van der Waals surface area contributed by atoms with Crippen molar-refractivity contribution in [3.8, 4) is 22.3 Å². The number of carbonyl (C=O) groups excluding carboxylic acids is 1. The van der Waals surface area contributed by atoms with E-state index in [9.17, 15) is 4.79 Å². The fourth-order valence-corrected chi connectivity index (χ4v) is 9.20. The number of Topliss-reactive ketones (excluding diaryl/α,β-unsaturated/α-hetero) is 1. The molecule has 0 fully saturated rings.